The zero-order chi connectivity index (χ0) is 23.2. The minimum atomic E-state index is -0.0899. The topological polar surface area (TPSA) is 88.6 Å². The Morgan fingerprint density at radius 3 is 3.00 bits per heavy atom. The van der Waals surface area contributed by atoms with Crippen LogP contribution in [0.15, 0.2) is 53.3 Å². The van der Waals surface area contributed by atoms with E-state index in [0.717, 1.165) is 40.6 Å². The summed E-state index contributed by atoms with van der Waals surface area (Å²) in [5.41, 5.74) is 4.53. The fraction of sp³-hybridized carbons (Fsp3) is 0.333. The normalized spacial score (nSPS) is 20.7. The molecule has 0 saturated heterocycles. The quantitative estimate of drug-likeness (QED) is 0.437. The Kier molecular flexibility index (Phi) is 5.32. The summed E-state index contributed by atoms with van der Waals surface area (Å²) in [6.45, 7) is 1.30. The molecule has 2 aromatic heterocycles. The van der Waals surface area contributed by atoms with Gasteiger partial charge in [-0.3, -0.25) is 4.57 Å². The molecule has 0 radical (unpaired) electrons. The highest BCUT2D eigenvalue weighted by Crippen LogP contribution is 2.35. The number of hydrogen-bond donors (Lipinski definition) is 0. The van der Waals surface area contributed by atoms with Crippen molar-refractivity contribution in [1.82, 2.24) is 24.3 Å². The molecule has 2 atom stereocenters. The van der Waals surface area contributed by atoms with Crippen LogP contribution in [0.5, 0.6) is 0 Å². The lowest BCUT2D eigenvalue weighted by Crippen LogP contribution is -2.16. The third kappa shape index (κ3) is 3.48. The number of ether oxygens (including phenoxy) is 3. The van der Waals surface area contributed by atoms with Crippen LogP contribution >= 0.6 is 11.6 Å². The Morgan fingerprint density at radius 1 is 1.24 bits per heavy atom. The van der Waals surface area contributed by atoms with E-state index in [4.69, 9.17) is 35.8 Å². The van der Waals surface area contributed by atoms with Crippen LogP contribution < -0.4 is 0 Å². The number of nitrogens with zero attached hydrogens (tertiary/aromatic N) is 6. The van der Waals surface area contributed by atoms with Gasteiger partial charge in [0.25, 0.3) is 0 Å². The first-order chi connectivity index (χ1) is 16.7. The van der Waals surface area contributed by atoms with Crippen molar-refractivity contribution in [3.8, 4) is 17.1 Å². The van der Waals surface area contributed by atoms with Crippen molar-refractivity contribution in [3.05, 3.63) is 70.6 Å². The van der Waals surface area contributed by atoms with E-state index in [-0.39, 0.29) is 12.1 Å². The van der Waals surface area contributed by atoms with E-state index in [2.05, 4.69) is 28.4 Å². The Morgan fingerprint density at radius 2 is 2.15 bits per heavy atom. The van der Waals surface area contributed by atoms with Crippen LogP contribution in [-0.2, 0) is 27.4 Å². The average molecular weight is 479 g/mol. The number of aliphatic imine (C=N–C) groups is 1. The molecule has 0 amide bonds. The van der Waals surface area contributed by atoms with Crippen molar-refractivity contribution < 1.29 is 14.2 Å². The minimum absolute atomic E-state index is 0.0674. The zero-order valence-corrected chi connectivity index (χ0v) is 19.6. The molecule has 10 heteroatoms. The maximum atomic E-state index is 6.35. The summed E-state index contributed by atoms with van der Waals surface area (Å²) in [6, 6.07) is 5.64. The largest absolute Gasteiger partial charge is 0.474 e. The van der Waals surface area contributed by atoms with Crippen molar-refractivity contribution in [2.24, 2.45) is 4.99 Å². The third-order valence-electron chi connectivity index (χ3n) is 6.33. The molecule has 1 unspecified atom stereocenters. The van der Waals surface area contributed by atoms with E-state index in [1.165, 1.54) is 0 Å². The first-order valence-electron chi connectivity index (χ1n) is 11.1. The molecule has 1 aromatic carbocycles. The van der Waals surface area contributed by atoms with E-state index in [1.807, 2.05) is 27.3 Å². The summed E-state index contributed by atoms with van der Waals surface area (Å²) >= 11 is 6.35. The lowest BCUT2D eigenvalue weighted by atomic mass is 9.99. The van der Waals surface area contributed by atoms with Gasteiger partial charge in [-0.1, -0.05) is 29.8 Å². The second-order valence-electron chi connectivity index (χ2n) is 8.37. The number of rotatable bonds is 5. The van der Waals surface area contributed by atoms with Gasteiger partial charge in [-0.15, -0.1) is 10.2 Å². The molecule has 3 aliphatic rings. The molecule has 2 aliphatic heterocycles. The highest BCUT2D eigenvalue weighted by atomic mass is 35.5. The maximum absolute atomic E-state index is 6.35. The number of fused-ring (bicyclic) bond motifs is 5. The van der Waals surface area contributed by atoms with Gasteiger partial charge in [-0.2, -0.15) is 0 Å². The second-order valence-corrected chi connectivity index (χ2v) is 8.81. The molecule has 9 nitrogen and oxygen atoms in total. The molecule has 0 saturated carbocycles. The molecule has 1 aliphatic carbocycles. The Labute approximate surface area is 201 Å². The van der Waals surface area contributed by atoms with Gasteiger partial charge >= 0.3 is 0 Å². The van der Waals surface area contributed by atoms with Crippen molar-refractivity contribution in [2.45, 2.75) is 31.7 Å². The number of aromatic nitrogens is 5. The minimum Gasteiger partial charge on any atom is -0.474 e. The molecule has 4 heterocycles. The van der Waals surface area contributed by atoms with Crippen LogP contribution in [0, 0.1) is 0 Å². The Balaban J connectivity index is 1.44. The molecule has 174 valence electrons. The lowest BCUT2D eigenvalue weighted by Gasteiger charge is -2.16. The van der Waals surface area contributed by atoms with E-state index in [9.17, 15) is 0 Å². The summed E-state index contributed by atoms with van der Waals surface area (Å²) in [5.74, 6) is 1.99. The summed E-state index contributed by atoms with van der Waals surface area (Å²) < 4.78 is 21.0. The van der Waals surface area contributed by atoms with Crippen molar-refractivity contribution in [1.29, 1.82) is 0 Å². The molecule has 0 N–H and O–H groups in total. The SMILES string of the molecule is COCc1nnc2n1Cc1c(C3=N[C@@H](C4=CC(OC)CC=C4)CO3)ncn1-c1ccc(Cl)cc1-2. The smallest absolute Gasteiger partial charge is 0.238 e. The van der Waals surface area contributed by atoms with Crippen molar-refractivity contribution in [2.75, 3.05) is 20.8 Å². The third-order valence-corrected chi connectivity index (χ3v) is 6.57. The molecule has 0 fully saturated rings. The average Bonchev–Trinajstić information content (AvgIpc) is 3.57. The number of hydrogen-bond acceptors (Lipinski definition) is 7. The molecule has 6 rings (SSSR count). The van der Waals surface area contributed by atoms with Gasteiger partial charge in [-0.05, 0) is 30.2 Å². The van der Waals surface area contributed by atoms with Gasteiger partial charge in [-0.25, -0.2) is 9.98 Å². The molecular formula is C24H23ClN6O3. The number of imidazole rings is 1. The Bertz CT molecular complexity index is 1350. The van der Waals surface area contributed by atoms with Gasteiger partial charge in [0.15, 0.2) is 11.6 Å². The lowest BCUT2D eigenvalue weighted by molar-refractivity contribution is 0.141. The highest BCUT2D eigenvalue weighted by molar-refractivity contribution is 6.31. The number of halogens is 1. The van der Waals surface area contributed by atoms with E-state index < -0.39 is 0 Å². The van der Waals surface area contributed by atoms with Gasteiger partial charge in [0.1, 0.15) is 31.3 Å². The first kappa shape index (κ1) is 21.3. The zero-order valence-electron chi connectivity index (χ0n) is 18.8. The molecule has 0 spiro atoms. The summed E-state index contributed by atoms with van der Waals surface area (Å²) in [5, 5.41) is 9.43. The predicted molar refractivity (Wildman–Crippen MR) is 126 cm³/mol. The molecular weight excluding hydrogens is 456 g/mol. The highest BCUT2D eigenvalue weighted by Gasteiger charge is 2.31. The number of methoxy groups -OCH3 is 2. The summed E-state index contributed by atoms with van der Waals surface area (Å²) in [4.78, 5) is 9.60. The van der Waals surface area contributed by atoms with Crippen LogP contribution in [0.1, 0.15) is 23.6 Å². The van der Waals surface area contributed by atoms with Crippen LogP contribution in [0.2, 0.25) is 5.02 Å². The van der Waals surface area contributed by atoms with E-state index in [1.54, 1.807) is 20.5 Å². The van der Waals surface area contributed by atoms with Crippen molar-refractivity contribution in [3.63, 3.8) is 0 Å². The van der Waals surface area contributed by atoms with Crippen molar-refractivity contribution >= 4 is 17.5 Å². The van der Waals surface area contributed by atoms with Crippen LogP contribution in [0.4, 0.5) is 0 Å². The maximum Gasteiger partial charge on any atom is 0.238 e. The standard InChI is InChI=1S/C24H23ClN6O3/c1-32-12-21-28-29-23-17-9-15(25)6-7-19(17)31-13-26-22(20(31)10-30(21)23)24-27-18(11-34-24)14-4-3-5-16(8-14)33-2/h3-4,6-9,13,16,18H,5,10-12H2,1-2H3/t16?,18-/m1/s1. The van der Waals surface area contributed by atoms with E-state index >= 15 is 0 Å². The van der Waals surface area contributed by atoms with Crippen LogP contribution in [0.3, 0.4) is 0 Å². The van der Waals surface area contributed by atoms with Gasteiger partial charge in [0.2, 0.25) is 5.90 Å². The molecule has 0 bridgehead atoms. The van der Waals surface area contributed by atoms with Crippen LogP contribution in [-0.4, -0.2) is 63.2 Å². The van der Waals surface area contributed by atoms with Gasteiger partial charge in [0, 0.05) is 24.8 Å². The summed E-state index contributed by atoms with van der Waals surface area (Å²) in [7, 11) is 3.36. The van der Waals surface area contributed by atoms with Gasteiger partial charge in [0.05, 0.1) is 24.0 Å². The van der Waals surface area contributed by atoms with Gasteiger partial charge < -0.3 is 18.8 Å². The predicted octanol–water partition coefficient (Wildman–Crippen LogP) is 3.34. The fourth-order valence-corrected chi connectivity index (χ4v) is 4.80. The number of benzene rings is 1. The fourth-order valence-electron chi connectivity index (χ4n) is 4.63. The van der Waals surface area contributed by atoms with Crippen LogP contribution in [0.25, 0.3) is 17.1 Å². The molecule has 3 aromatic rings. The first-order valence-corrected chi connectivity index (χ1v) is 11.4. The second kappa shape index (κ2) is 8.50. The summed E-state index contributed by atoms with van der Waals surface area (Å²) in [6.07, 6.45) is 9.07. The molecule has 34 heavy (non-hydrogen) atoms. The monoisotopic (exact) mass is 478 g/mol. The Hall–Kier alpha value is -3.27. The van der Waals surface area contributed by atoms with E-state index in [0.29, 0.717) is 36.4 Å².